The first-order valence-corrected chi connectivity index (χ1v) is 6.73. The number of hydrogen-bond acceptors (Lipinski definition) is 2. The summed E-state index contributed by atoms with van der Waals surface area (Å²) in [5.74, 6) is 0. The minimum atomic E-state index is 0.628. The third kappa shape index (κ3) is 3.01. The van der Waals surface area contributed by atoms with Crippen LogP contribution in [0.25, 0.3) is 0 Å². The summed E-state index contributed by atoms with van der Waals surface area (Å²) in [7, 11) is 0. The van der Waals surface area contributed by atoms with Crippen LogP contribution in [0.15, 0.2) is 18.2 Å². The van der Waals surface area contributed by atoms with E-state index in [4.69, 9.17) is 0 Å². The first kappa shape index (κ1) is 12.4. The Morgan fingerprint density at radius 3 is 2.88 bits per heavy atom. The van der Waals surface area contributed by atoms with Crippen molar-refractivity contribution < 1.29 is 0 Å². The summed E-state index contributed by atoms with van der Waals surface area (Å²) in [5, 5.41) is 3.49. The number of hydrogen-bond donors (Lipinski definition) is 1. The lowest BCUT2D eigenvalue weighted by atomic mass is 10.1. The Balaban J connectivity index is 2.25. The van der Waals surface area contributed by atoms with E-state index < -0.39 is 0 Å². The molecule has 0 aromatic heterocycles. The summed E-state index contributed by atoms with van der Waals surface area (Å²) in [4.78, 5) is 2.59. The number of rotatable bonds is 1. The van der Waals surface area contributed by atoms with Gasteiger partial charge in [0.15, 0.2) is 0 Å². The highest BCUT2D eigenvalue weighted by Crippen LogP contribution is 2.25. The van der Waals surface area contributed by atoms with Crippen molar-refractivity contribution in [3.8, 4) is 0 Å². The summed E-state index contributed by atoms with van der Waals surface area (Å²) in [6.07, 6.45) is 2.46. The zero-order valence-electron chi connectivity index (χ0n) is 11.3. The van der Waals surface area contributed by atoms with Gasteiger partial charge in [-0.2, -0.15) is 0 Å². The van der Waals surface area contributed by atoms with E-state index >= 15 is 0 Å². The van der Waals surface area contributed by atoms with E-state index in [1.54, 1.807) is 0 Å². The minimum absolute atomic E-state index is 0.628. The Morgan fingerprint density at radius 1 is 1.24 bits per heavy atom. The largest absolute Gasteiger partial charge is 0.369 e. The highest BCUT2D eigenvalue weighted by atomic mass is 15.2. The van der Waals surface area contributed by atoms with Crippen LogP contribution in [0, 0.1) is 13.8 Å². The lowest BCUT2D eigenvalue weighted by molar-refractivity contribution is 0.499. The van der Waals surface area contributed by atoms with Crippen LogP contribution in [0.2, 0.25) is 0 Å². The third-order valence-electron chi connectivity index (χ3n) is 3.70. The van der Waals surface area contributed by atoms with E-state index in [0.717, 1.165) is 13.1 Å². The molecule has 1 heterocycles. The van der Waals surface area contributed by atoms with Gasteiger partial charge in [0.1, 0.15) is 0 Å². The minimum Gasteiger partial charge on any atom is -0.369 e. The predicted molar refractivity (Wildman–Crippen MR) is 74.8 cm³/mol. The molecule has 1 saturated heterocycles. The first-order valence-electron chi connectivity index (χ1n) is 6.73. The molecule has 1 N–H and O–H groups in total. The first-order chi connectivity index (χ1) is 8.18. The number of nitrogens with zero attached hydrogens (tertiary/aromatic N) is 1. The molecule has 0 aliphatic carbocycles. The molecule has 0 amide bonds. The normalized spacial score (nSPS) is 22.1. The van der Waals surface area contributed by atoms with Crippen LogP contribution in [0.4, 0.5) is 5.69 Å². The van der Waals surface area contributed by atoms with Crippen LogP contribution in [-0.2, 0) is 0 Å². The Morgan fingerprint density at radius 2 is 2.06 bits per heavy atom. The maximum Gasteiger partial charge on any atom is 0.0400 e. The van der Waals surface area contributed by atoms with Crippen molar-refractivity contribution in [3.63, 3.8) is 0 Å². The van der Waals surface area contributed by atoms with E-state index in [0.29, 0.717) is 6.04 Å². The monoisotopic (exact) mass is 232 g/mol. The second kappa shape index (κ2) is 5.54. The van der Waals surface area contributed by atoms with Gasteiger partial charge in [0.25, 0.3) is 0 Å². The van der Waals surface area contributed by atoms with Crippen molar-refractivity contribution in [2.24, 2.45) is 0 Å². The van der Waals surface area contributed by atoms with Crippen LogP contribution in [0.5, 0.6) is 0 Å². The Labute approximate surface area is 105 Å². The van der Waals surface area contributed by atoms with E-state index in [9.17, 15) is 0 Å². The molecule has 94 valence electrons. The molecular weight excluding hydrogens is 208 g/mol. The standard InChI is InChI=1S/C15H24N2/c1-12-5-6-13(2)15(11-12)17-10-4-8-16-9-7-14(17)3/h5-6,11,14,16H,4,7-10H2,1-3H3. The molecule has 2 nitrogen and oxygen atoms in total. The van der Waals surface area contributed by atoms with Crippen LogP contribution in [0.3, 0.4) is 0 Å². The van der Waals surface area contributed by atoms with Gasteiger partial charge >= 0.3 is 0 Å². The van der Waals surface area contributed by atoms with E-state index in [-0.39, 0.29) is 0 Å². The van der Waals surface area contributed by atoms with Gasteiger partial charge in [-0.1, -0.05) is 12.1 Å². The van der Waals surface area contributed by atoms with Crippen LogP contribution < -0.4 is 10.2 Å². The third-order valence-corrected chi connectivity index (χ3v) is 3.70. The quantitative estimate of drug-likeness (QED) is 0.801. The van der Waals surface area contributed by atoms with Gasteiger partial charge in [0, 0.05) is 18.3 Å². The van der Waals surface area contributed by atoms with Gasteiger partial charge in [-0.15, -0.1) is 0 Å². The van der Waals surface area contributed by atoms with Gasteiger partial charge in [-0.05, 0) is 63.9 Å². The van der Waals surface area contributed by atoms with E-state index in [2.05, 4.69) is 49.2 Å². The van der Waals surface area contributed by atoms with Crippen LogP contribution >= 0.6 is 0 Å². The summed E-state index contributed by atoms with van der Waals surface area (Å²) < 4.78 is 0. The summed E-state index contributed by atoms with van der Waals surface area (Å²) in [6.45, 7) is 10.2. The van der Waals surface area contributed by atoms with E-state index in [1.165, 1.54) is 36.2 Å². The highest BCUT2D eigenvalue weighted by Gasteiger charge is 2.17. The van der Waals surface area contributed by atoms with Gasteiger partial charge in [-0.3, -0.25) is 0 Å². The SMILES string of the molecule is Cc1ccc(C)c(N2CCCNCCC2C)c1. The fourth-order valence-corrected chi connectivity index (χ4v) is 2.57. The van der Waals surface area contributed by atoms with Crippen molar-refractivity contribution in [1.29, 1.82) is 0 Å². The molecule has 1 fully saturated rings. The molecule has 17 heavy (non-hydrogen) atoms. The lowest BCUT2D eigenvalue weighted by Gasteiger charge is -2.34. The molecule has 1 aromatic carbocycles. The summed E-state index contributed by atoms with van der Waals surface area (Å²) in [5.41, 5.74) is 4.19. The van der Waals surface area contributed by atoms with Gasteiger partial charge in [0.05, 0.1) is 0 Å². The molecule has 0 saturated carbocycles. The van der Waals surface area contributed by atoms with Gasteiger partial charge in [0.2, 0.25) is 0 Å². The van der Waals surface area contributed by atoms with Gasteiger partial charge in [-0.25, -0.2) is 0 Å². The predicted octanol–water partition coefficient (Wildman–Crippen LogP) is 2.88. The molecule has 1 aliphatic heterocycles. The zero-order chi connectivity index (χ0) is 12.3. The molecule has 1 atom stereocenters. The van der Waals surface area contributed by atoms with Crippen molar-refractivity contribution in [2.75, 3.05) is 24.5 Å². The molecule has 1 aliphatic rings. The van der Waals surface area contributed by atoms with Crippen molar-refractivity contribution in [3.05, 3.63) is 29.3 Å². The number of aryl methyl sites for hydroxylation is 2. The molecule has 2 rings (SSSR count). The number of benzene rings is 1. The highest BCUT2D eigenvalue weighted by molar-refractivity contribution is 5.55. The smallest absolute Gasteiger partial charge is 0.0400 e. The second-order valence-corrected chi connectivity index (χ2v) is 5.22. The van der Waals surface area contributed by atoms with Crippen molar-refractivity contribution in [1.82, 2.24) is 5.32 Å². The number of anilines is 1. The molecule has 0 spiro atoms. The van der Waals surface area contributed by atoms with Crippen LogP contribution in [0.1, 0.15) is 30.9 Å². The number of nitrogens with one attached hydrogen (secondary N) is 1. The van der Waals surface area contributed by atoms with Gasteiger partial charge < -0.3 is 10.2 Å². The maximum absolute atomic E-state index is 3.49. The second-order valence-electron chi connectivity index (χ2n) is 5.22. The molecular formula is C15H24N2. The Kier molecular flexibility index (Phi) is 4.06. The summed E-state index contributed by atoms with van der Waals surface area (Å²) in [6, 6.07) is 7.41. The Bertz CT molecular complexity index is 373. The average Bonchev–Trinajstić information content (AvgIpc) is 2.28. The van der Waals surface area contributed by atoms with Crippen molar-refractivity contribution >= 4 is 5.69 Å². The molecule has 0 bridgehead atoms. The van der Waals surface area contributed by atoms with Crippen LogP contribution in [-0.4, -0.2) is 25.7 Å². The fraction of sp³-hybridized carbons (Fsp3) is 0.600. The fourth-order valence-electron chi connectivity index (χ4n) is 2.57. The molecule has 2 heteroatoms. The zero-order valence-corrected chi connectivity index (χ0v) is 11.3. The average molecular weight is 232 g/mol. The molecule has 0 radical (unpaired) electrons. The van der Waals surface area contributed by atoms with E-state index in [1.807, 2.05) is 0 Å². The lowest BCUT2D eigenvalue weighted by Crippen LogP contribution is -2.40. The topological polar surface area (TPSA) is 15.3 Å². The molecule has 1 aromatic rings. The summed E-state index contributed by atoms with van der Waals surface area (Å²) >= 11 is 0. The molecule has 1 unspecified atom stereocenters. The van der Waals surface area contributed by atoms with Crippen molar-refractivity contribution in [2.45, 2.75) is 39.7 Å². The Hall–Kier alpha value is -1.02. The maximum atomic E-state index is 3.49.